The van der Waals surface area contributed by atoms with E-state index in [0.717, 1.165) is 0 Å². The van der Waals surface area contributed by atoms with E-state index in [1.54, 1.807) is 12.1 Å². The lowest BCUT2D eigenvalue weighted by molar-refractivity contribution is 0.0683. The standard InChI is InChI=1S/C13H12BrCl2N3O2/c1-13(2,3)12-17-10(11(20)21)18-19(12)7-5-4-6(14)8(15)9(7)16/h4-5H,1-3H3,(H,20,21). The maximum atomic E-state index is 11.1. The van der Waals surface area contributed by atoms with Crippen LogP contribution in [0.1, 0.15) is 37.2 Å². The van der Waals surface area contributed by atoms with Gasteiger partial charge in [-0.2, -0.15) is 0 Å². The first-order chi connectivity index (χ1) is 9.62. The summed E-state index contributed by atoms with van der Waals surface area (Å²) in [7, 11) is 0. The maximum Gasteiger partial charge on any atom is 0.375 e. The first-order valence-electron chi connectivity index (χ1n) is 5.97. The fraction of sp³-hybridized carbons (Fsp3) is 0.308. The number of carbonyl (C=O) groups is 1. The number of nitrogens with zero attached hydrogens (tertiary/aromatic N) is 3. The Balaban J connectivity index is 2.74. The van der Waals surface area contributed by atoms with Gasteiger partial charge in [-0.15, -0.1) is 5.10 Å². The number of carboxylic acids is 1. The molecule has 0 fully saturated rings. The number of hydrogen-bond donors (Lipinski definition) is 1. The minimum absolute atomic E-state index is 0.276. The number of carboxylic acid groups (broad SMARTS) is 1. The molecule has 0 saturated heterocycles. The minimum atomic E-state index is -1.20. The van der Waals surface area contributed by atoms with Gasteiger partial charge in [0.2, 0.25) is 0 Å². The van der Waals surface area contributed by atoms with Crippen LogP contribution in [0, 0.1) is 0 Å². The Hall–Kier alpha value is -1.11. The Bertz CT molecular complexity index is 723. The highest BCUT2D eigenvalue weighted by molar-refractivity contribution is 9.10. The molecule has 1 aromatic heterocycles. The molecule has 112 valence electrons. The molecule has 0 saturated carbocycles. The SMILES string of the molecule is CC(C)(C)c1nc(C(=O)O)nn1-c1ccc(Br)c(Cl)c1Cl. The zero-order valence-corrected chi connectivity index (χ0v) is 14.6. The van der Waals surface area contributed by atoms with E-state index >= 15 is 0 Å². The Morgan fingerprint density at radius 1 is 1.29 bits per heavy atom. The molecule has 0 aliphatic carbocycles. The van der Waals surface area contributed by atoms with E-state index in [1.807, 2.05) is 20.8 Å². The van der Waals surface area contributed by atoms with Crippen LogP contribution in [0.2, 0.25) is 10.0 Å². The summed E-state index contributed by atoms with van der Waals surface area (Å²) in [6.07, 6.45) is 0. The summed E-state index contributed by atoms with van der Waals surface area (Å²) in [5, 5.41) is 13.7. The lowest BCUT2D eigenvalue weighted by atomic mass is 9.95. The molecular formula is C13H12BrCl2N3O2. The number of aromatic nitrogens is 3. The molecule has 0 unspecified atom stereocenters. The zero-order valence-electron chi connectivity index (χ0n) is 11.5. The quantitative estimate of drug-likeness (QED) is 0.772. The van der Waals surface area contributed by atoms with Gasteiger partial charge in [0.05, 0.1) is 15.7 Å². The molecule has 2 aromatic rings. The topological polar surface area (TPSA) is 68.0 Å². The zero-order chi connectivity index (χ0) is 15.9. The molecule has 1 heterocycles. The van der Waals surface area contributed by atoms with Crippen molar-refractivity contribution >= 4 is 45.1 Å². The van der Waals surface area contributed by atoms with E-state index in [2.05, 4.69) is 26.0 Å². The Labute approximate surface area is 140 Å². The Morgan fingerprint density at radius 2 is 1.90 bits per heavy atom. The molecule has 0 atom stereocenters. The van der Waals surface area contributed by atoms with Crippen molar-refractivity contribution in [3.05, 3.63) is 38.3 Å². The van der Waals surface area contributed by atoms with Crippen molar-refractivity contribution < 1.29 is 9.90 Å². The van der Waals surface area contributed by atoms with Crippen LogP contribution in [-0.4, -0.2) is 25.8 Å². The molecule has 1 aromatic carbocycles. The van der Waals surface area contributed by atoms with Crippen LogP contribution in [0.3, 0.4) is 0 Å². The van der Waals surface area contributed by atoms with Gasteiger partial charge in [0, 0.05) is 9.89 Å². The molecule has 0 radical (unpaired) electrons. The Morgan fingerprint density at radius 3 is 2.43 bits per heavy atom. The normalized spacial score (nSPS) is 11.7. The third-order valence-electron chi connectivity index (χ3n) is 2.71. The number of benzene rings is 1. The van der Waals surface area contributed by atoms with Crippen LogP contribution in [0.25, 0.3) is 5.69 Å². The second-order valence-corrected chi connectivity index (χ2v) is 7.03. The summed E-state index contributed by atoms with van der Waals surface area (Å²) in [5.41, 5.74) is 0.0682. The van der Waals surface area contributed by atoms with Gasteiger partial charge < -0.3 is 5.11 Å². The highest BCUT2D eigenvalue weighted by atomic mass is 79.9. The van der Waals surface area contributed by atoms with Gasteiger partial charge in [-0.05, 0) is 28.1 Å². The van der Waals surface area contributed by atoms with Crippen molar-refractivity contribution in [3.63, 3.8) is 0 Å². The van der Waals surface area contributed by atoms with E-state index in [4.69, 9.17) is 28.3 Å². The molecule has 8 heteroatoms. The smallest absolute Gasteiger partial charge is 0.375 e. The first kappa shape index (κ1) is 16.3. The second kappa shape index (κ2) is 5.59. The van der Waals surface area contributed by atoms with E-state index in [9.17, 15) is 4.79 Å². The van der Waals surface area contributed by atoms with Crippen LogP contribution in [0.5, 0.6) is 0 Å². The van der Waals surface area contributed by atoms with Gasteiger partial charge in [0.25, 0.3) is 5.82 Å². The summed E-state index contributed by atoms with van der Waals surface area (Å²) < 4.78 is 2.07. The third-order valence-corrected chi connectivity index (χ3v) is 4.47. The number of hydrogen-bond acceptors (Lipinski definition) is 3. The lowest BCUT2D eigenvalue weighted by Gasteiger charge is -2.19. The fourth-order valence-corrected chi connectivity index (χ4v) is 2.58. The maximum absolute atomic E-state index is 11.1. The van der Waals surface area contributed by atoms with Crippen molar-refractivity contribution in [1.29, 1.82) is 0 Å². The highest BCUT2D eigenvalue weighted by Gasteiger charge is 2.27. The predicted molar refractivity (Wildman–Crippen MR) is 84.7 cm³/mol. The van der Waals surface area contributed by atoms with Crippen LogP contribution >= 0.6 is 39.1 Å². The number of aromatic carboxylic acids is 1. The summed E-state index contributed by atoms with van der Waals surface area (Å²) in [5.74, 6) is -0.992. The molecule has 1 N–H and O–H groups in total. The van der Waals surface area contributed by atoms with Gasteiger partial charge in [-0.25, -0.2) is 14.5 Å². The minimum Gasteiger partial charge on any atom is -0.475 e. The molecule has 0 aliphatic rings. The molecule has 0 amide bonds. The van der Waals surface area contributed by atoms with Crippen molar-refractivity contribution in [2.75, 3.05) is 0 Å². The highest BCUT2D eigenvalue weighted by Crippen LogP contribution is 2.36. The predicted octanol–water partition coefficient (Wildman–Crippen LogP) is 4.33. The van der Waals surface area contributed by atoms with E-state index in [0.29, 0.717) is 21.0 Å². The lowest BCUT2D eigenvalue weighted by Crippen LogP contribution is -2.19. The van der Waals surface area contributed by atoms with E-state index < -0.39 is 11.4 Å². The Kier molecular flexibility index (Phi) is 4.33. The molecule has 0 bridgehead atoms. The van der Waals surface area contributed by atoms with Crippen LogP contribution in [0.4, 0.5) is 0 Å². The summed E-state index contributed by atoms with van der Waals surface area (Å²) >= 11 is 15.6. The molecule has 0 aliphatic heterocycles. The van der Waals surface area contributed by atoms with Gasteiger partial charge in [0.1, 0.15) is 5.82 Å². The van der Waals surface area contributed by atoms with E-state index in [1.165, 1.54) is 4.68 Å². The van der Waals surface area contributed by atoms with Crippen LogP contribution in [0.15, 0.2) is 16.6 Å². The summed E-state index contributed by atoms with van der Waals surface area (Å²) in [6.45, 7) is 5.73. The molecule has 5 nitrogen and oxygen atoms in total. The van der Waals surface area contributed by atoms with Crippen molar-refractivity contribution in [2.45, 2.75) is 26.2 Å². The average molecular weight is 393 g/mol. The van der Waals surface area contributed by atoms with Gasteiger partial charge >= 0.3 is 5.97 Å². The second-order valence-electron chi connectivity index (χ2n) is 5.42. The van der Waals surface area contributed by atoms with Crippen LogP contribution in [-0.2, 0) is 5.41 Å². The van der Waals surface area contributed by atoms with Crippen LogP contribution < -0.4 is 0 Å². The van der Waals surface area contributed by atoms with Crippen molar-refractivity contribution in [1.82, 2.24) is 14.8 Å². The van der Waals surface area contributed by atoms with Crippen molar-refractivity contribution in [2.24, 2.45) is 0 Å². The molecular weight excluding hydrogens is 381 g/mol. The van der Waals surface area contributed by atoms with Gasteiger partial charge in [0.15, 0.2) is 0 Å². The summed E-state index contributed by atoms with van der Waals surface area (Å²) in [6, 6.07) is 3.42. The largest absolute Gasteiger partial charge is 0.475 e. The van der Waals surface area contributed by atoms with E-state index in [-0.39, 0.29) is 10.8 Å². The van der Waals surface area contributed by atoms with Gasteiger partial charge in [-0.1, -0.05) is 44.0 Å². The fourth-order valence-electron chi connectivity index (χ4n) is 1.74. The molecule has 0 spiro atoms. The molecule has 21 heavy (non-hydrogen) atoms. The van der Waals surface area contributed by atoms with Crippen molar-refractivity contribution in [3.8, 4) is 5.69 Å². The average Bonchev–Trinajstić information content (AvgIpc) is 2.81. The monoisotopic (exact) mass is 391 g/mol. The molecule has 2 rings (SSSR count). The summed E-state index contributed by atoms with van der Waals surface area (Å²) in [4.78, 5) is 15.2. The third kappa shape index (κ3) is 3.07. The first-order valence-corrected chi connectivity index (χ1v) is 7.52. The number of rotatable bonds is 2. The van der Waals surface area contributed by atoms with Gasteiger partial charge in [-0.3, -0.25) is 0 Å². The number of halogens is 3.